The first-order valence-corrected chi connectivity index (χ1v) is 5.25. The summed E-state index contributed by atoms with van der Waals surface area (Å²) in [7, 11) is 0. The normalized spacial score (nSPS) is 12.1. The van der Waals surface area contributed by atoms with E-state index in [0.717, 1.165) is 18.3 Å². The van der Waals surface area contributed by atoms with Gasteiger partial charge in [0, 0.05) is 12.1 Å². The molecule has 0 aromatic carbocycles. The number of rotatable bonds is 2. The molecule has 2 aromatic heterocycles. The van der Waals surface area contributed by atoms with Crippen molar-refractivity contribution in [1.82, 2.24) is 15.2 Å². The maximum Gasteiger partial charge on any atom is 0.416 e. The van der Waals surface area contributed by atoms with Gasteiger partial charge in [0.2, 0.25) is 5.89 Å². The van der Waals surface area contributed by atoms with E-state index in [4.69, 9.17) is 4.42 Å². The van der Waals surface area contributed by atoms with Crippen LogP contribution >= 0.6 is 0 Å². The highest BCUT2D eigenvalue weighted by atomic mass is 19.4. The summed E-state index contributed by atoms with van der Waals surface area (Å²) < 4.78 is 42.8. The van der Waals surface area contributed by atoms with Gasteiger partial charge in [-0.15, -0.1) is 10.2 Å². The van der Waals surface area contributed by atoms with E-state index >= 15 is 0 Å². The van der Waals surface area contributed by atoms with E-state index in [1.807, 2.05) is 13.8 Å². The molecule has 2 rings (SSSR count). The van der Waals surface area contributed by atoms with Crippen molar-refractivity contribution in [3.63, 3.8) is 0 Å². The Morgan fingerprint density at radius 2 is 1.94 bits per heavy atom. The van der Waals surface area contributed by atoms with Gasteiger partial charge in [0.05, 0.1) is 5.56 Å². The molecule has 0 saturated heterocycles. The molecule has 0 atom stereocenters. The van der Waals surface area contributed by atoms with E-state index in [1.54, 1.807) is 0 Å². The summed E-state index contributed by atoms with van der Waals surface area (Å²) in [5, 5.41) is 7.43. The first-order valence-electron chi connectivity index (χ1n) is 5.25. The number of hydrogen-bond acceptors (Lipinski definition) is 4. The Bertz CT molecular complexity index is 548. The molecular weight excluding hydrogens is 247 g/mol. The van der Waals surface area contributed by atoms with Crippen LogP contribution in [0.25, 0.3) is 11.6 Å². The van der Waals surface area contributed by atoms with Crippen molar-refractivity contribution < 1.29 is 17.6 Å². The highest BCUT2D eigenvalue weighted by Gasteiger charge is 2.31. The zero-order valence-corrected chi connectivity index (χ0v) is 9.69. The number of hydrogen-bond donors (Lipinski definition) is 0. The molecule has 0 amide bonds. The lowest BCUT2D eigenvalue weighted by molar-refractivity contribution is -0.137. The molecule has 0 aliphatic rings. The molecule has 0 spiro atoms. The van der Waals surface area contributed by atoms with Gasteiger partial charge < -0.3 is 4.42 Å². The van der Waals surface area contributed by atoms with Crippen LogP contribution in [-0.2, 0) is 6.18 Å². The van der Waals surface area contributed by atoms with Crippen LogP contribution in [0.4, 0.5) is 13.2 Å². The van der Waals surface area contributed by atoms with E-state index in [2.05, 4.69) is 15.2 Å². The second-order valence-corrected chi connectivity index (χ2v) is 4.03. The molecule has 4 nitrogen and oxygen atoms in total. The number of nitrogens with zero attached hydrogens (tertiary/aromatic N) is 3. The molecule has 0 unspecified atom stereocenters. The van der Waals surface area contributed by atoms with Crippen molar-refractivity contribution in [3.8, 4) is 11.6 Å². The fraction of sp³-hybridized carbons (Fsp3) is 0.364. The molecule has 0 fully saturated rings. The number of aromatic nitrogens is 3. The van der Waals surface area contributed by atoms with E-state index in [1.165, 1.54) is 0 Å². The van der Waals surface area contributed by atoms with Gasteiger partial charge in [0.1, 0.15) is 5.69 Å². The minimum atomic E-state index is -4.42. The van der Waals surface area contributed by atoms with Gasteiger partial charge in [-0.25, -0.2) is 0 Å². The summed E-state index contributed by atoms with van der Waals surface area (Å²) in [5.74, 6) is 0.367. The Morgan fingerprint density at radius 1 is 1.22 bits per heavy atom. The summed E-state index contributed by atoms with van der Waals surface area (Å²) in [6.45, 7) is 3.69. The minimum Gasteiger partial charge on any atom is -0.419 e. The smallest absolute Gasteiger partial charge is 0.416 e. The van der Waals surface area contributed by atoms with E-state index in [9.17, 15) is 13.2 Å². The lowest BCUT2D eigenvalue weighted by Crippen LogP contribution is -2.05. The lowest BCUT2D eigenvalue weighted by atomic mass is 10.2. The topological polar surface area (TPSA) is 51.8 Å². The van der Waals surface area contributed by atoms with E-state index < -0.39 is 11.7 Å². The molecule has 0 bridgehead atoms. The van der Waals surface area contributed by atoms with Crippen molar-refractivity contribution in [2.24, 2.45) is 0 Å². The Balaban J connectivity index is 2.38. The Kier molecular flexibility index (Phi) is 3.06. The number of alkyl halides is 3. The van der Waals surface area contributed by atoms with Gasteiger partial charge >= 0.3 is 6.18 Å². The molecule has 0 aliphatic carbocycles. The van der Waals surface area contributed by atoms with Gasteiger partial charge in [-0.3, -0.25) is 4.98 Å². The lowest BCUT2D eigenvalue weighted by Gasteiger charge is -2.06. The van der Waals surface area contributed by atoms with Crippen LogP contribution in [0, 0.1) is 0 Å². The number of pyridine rings is 1. The van der Waals surface area contributed by atoms with Gasteiger partial charge in [0.25, 0.3) is 5.89 Å². The van der Waals surface area contributed by atoms with Crippen LogP contribution in [0.1, 0.15) is 31.2 Å². The van der Waals surface area contributed by atoms with Gasteiger partial charge in [0.15, 0.2) is 0 Å². The van der Waals surface area contributed by atoms with E-state index in [-0.39, 0.29) is 17.5 Å². The molecule has 2 aromatic rings. The third-order valence-corrected chi connectivity index (χ3v) is 2.24. The first kappa shape index (κ1) is 12.5. The average Bonchev–Trinajstić information content (AvgIpc) is 2.77. The van der Waals surface area contributed by atoms with Crippen molar-refractivity contribution in [1.29, 1.82) is 0 Å². The second kappa shape index (κ2) is 4.40. The Hall–Kier alpha value is -1.92. The second-order valence-electron chi connectivity index (χ2n) is 4.03. The van der Waals surface area contributed by atoms with E-state index in [0.29, 0.717) is 5.89 Å². The van der Waals surface area contributed by atoms with Crippen LogP contribution in [-0.4, -0.2) is 15.2 Å². The fourth-order valence-corrected chi connectivity index (χ4v) is 1.30. The summed E-state index contributed by atoms with van der Waals surface area (Å²) in [5.41, 5.74) is -0.777. The molecule has 0 saturated carbocycles. The van der Waals surface area contributed by atoms with Gasteiger partial charge in [-0.2, -0.15) is 13.2 Å². The SMILES string of the molecule is CC(C)c1nnc(-c2cc(C(F)(F)F)ccn2)o1. The molecule has 0 radical (unpaired) electrons. The zero-order chi connectivity index (χ0) is 13.3. The third-order valence-electron chi connectivity index (χ3n) is 2.24. The predicted molar refractivity (Wildman–Crippen MR) is 56.6 cm³/mol. The summed E-state index contributed by atoms with van der Waals surface area (Å²) in [4.78, 5) is 3.80. The molecule has 7 heteroatoms. The van der Waals surface area contributed by atoms with Crippen LogP contribution in [0.5, 0.6) is 0 Å². The standard InChI is InChI=1S/C11H10F3N3O/c1-6(2)9-16-17-10(18-9)8-5-7(3-4-15-8)11(12,13)14/h3-6H,1-2H3. The molecule has 2 heterocycles. The highest BCUT2D eigenvalue weighted by molar-refractivity contribution is 5.47. The first-order chi connectivity index (χ1) is 8.38. The largest absolute Gasteiger partial charge is 0.419 e. The maximum atomic E-state index is 12.5. The van der Waals surface area contributed by atoms with Crippen LogP contribution in [0.3, 0.4) is 0 Å². The Morgan fingerprint density at radius 3 is 2.50 bits per heavy atom. The number of halogens is 3. The monoisotopic (exact) mass is 257 g/mol. The van der Waals surface area contributed by atoms with Crippen LogP contribution in [0.15, 0.2) is 22.7 Å². The Labute approximate surface area is 101 Å². The molecule has 0 aliphatic heterocycles. The highest BCUT2D eigenvalue weighted by Crippen LogP contribution is 2.31. The quantitative estimate of drug-likeness (QED) is 0.828. The molecule has 0 N–H and O–H groups in total. The van der Waals surface area contributed by atoms with Crippen molar-refractivity contribution in [2.75, 3.05) is 0 Å². The third kappa shape index (κ3) is 2.49. The minimum absolute atomic E-state index is 0.00944. The van der Waals surface area contributed by atoms with Crippen LogP contribution < -0.4 is 0 Å². The van der Waals surface area contributed by atoms with Gasteiger partial charge in [-0.05, 0) is 12.1 Å². The maximum absolute atomic E-state index is 12.5. The van der Waals surface area contributed by atoms with Gasteiger partial charge in [-0.1, -0.05) is 13.8 Å². The summed E-state index contributed by atoms with van der Waals surface area (Å²) in [6.07, 6.45) is -3.35. The van der Waals surface area contributed by atoms with Crippen molar-refractivity contribution in [3.05, 3.63) is 29.8 Å². The summed E-state index contributed by atoms with van der Waals surface area (Å²) >= 11 is 0. The predicted octanol–water partition coefficient (Wildman–Crippen LogP) is 3.27. The zero-order valence-electron chi connectivity index (χ0n) is 9.69. The average molecular weight is 257 g/mol. The summed E-state index contributed by atoms with van der Waals surface area (Å²) in [6, 6.07) is 1.78. The molecule has 96 valence electrons. The fourth-order valence-electron chi connectivity index (χ4n) is 1.30. The van der Waals surface area contributed by atoms with Crippen molar-refractivity contribution in [2.45, 2.75) is 25.9 Å². The molecule has 18 heavy (non-hydrogen) atoms. The molecular formula is C11H10F3N3O. The van der Waals surface area contributed by atoms with Crippen LogP contribution in [0.2, 0.25) is 0 Å². The van der Waals surface area contributed by atoms with Crippen molar-refractivity contribution >= 4 is 0 Å².